The fraction of sp³-hybridized carbons (Fsp3) is 0.583. The Morgan fingerprint density at radius 2 is 2.42 bits per heavy atom. The summed E-state index contributed by atoms with van der Waals surface area (Å²) in [6.45, 7) is 2.53. The Bertz CT molecular complexity index is 449. The number of anilines is 1. The highest BCUT2D eigenvalue weighted by Gasteiger charge is 2.35. The van der Waals surface area contributed by atoms with E-state index in [2.05, 4.69) is 17.2 Å². The van der Waals surface area contributed by atoms with Gasteiger partial charge >= 0.3 is 12.0 Å². The number of likely N-dealkylation sites (tertiary alicyclic amines) is 1. The number of piperidine rings is 1. The maximum atomic E-state index is 12.1. The van der Waals surface area contributed by atoms with Gasteiger partial charge in [0.25, 0.3) is 0 Å². The highest BCUT2D eigenvalue weighted by molar-refractivity contribution is 7.13. The molecule has 1 aromatic heterocycles. The summed E-state index contributed by atoms with van der Waals surface area (Å²) in [5.41, 5.74) is 0. The zero-order valence-electron chi connectivity index (χ0n) is 10.7. The number of rotatable bonds is 3. The number of hydrogen-bond donors (Lipinski definition) is 2. The van der Waals surface area contributed by atoms with Crippen molar-refractivity contribution >= 4 is 28.5 Å². The maximum Gasteiger partial charge on any atom is 0.326 e. The maximum absolute atomic E-state index is 12.1. The number of amides is 2. The van der Waals surface area contributed by atoms with Crippen LogP contribution < -0.4 is 5.32 Å². The average Bonchev–Trinajstić information content (AvgIpc) is 2.90. The monoisotopic (exact) mass is 283 g/mol. The zero-order valence-corrected chi connectivity index (χ0v) is 11.5. The van der Waals surface area contributed by atoms with Crippen LogP contribution in [-0.2, 0) is 4.79 Å². The lowest BCUT2D eigenvalue weighted by Crippen LogP contribution is -2.51. The lowest BCUT2D eigenvalue weighted by atomic mass is 9.89. The van der Waals surface area contributed by atoms with Gasteiger partial charge in [-0.05, 0) is 18.8 Å². The third kappa shape index (κ3) is 3.23. The van der Waals surface area contributed by atoms with Crippen LogP contribution in [0, 0.1) is 5.92 Å². The van der Waals surface area contributed by atoms with E-state index in [1.165, 1.54) is 16.2 Å². The second kappa shape index (κ2) is 6.01. The van der Waals surface area contributed by atoms with Gasteiger partial charge in [0.1, 0.15) is 6.04 Å². The van der Waals surface area contributed by atoms with Gasteiger partial charge in [0, 0.05) is 18.1 Å². The summed E-state index contributed by atoms with van der Waals surface area (Å²) in [5.74, 6) is -0.558. The number of nitrogens with zero attached hydrogens (tertiary/aromatic N) is 2. The molecule has 19 heavy (non-hydrogen) atoms. The molecule has 1 aliphatic rings. The van der Waals surface area contributed by atoms with E-state index in [4.69, 9.17) is 0 Å². The van der Waals surface area contributed by atoms with Crippen molar-refractivity contribution in [2.45, 2.75) is 32.2 Å². The Morgan fingerprint density at radius 3 is 3.00 bits per heavy atom. The van der Waals surface area contributed by atoms with E-state index in [9.17, 15) is 14.7 Å². The molecule has 7 heteroatoms. The van der Waals surface area contributed by atoms with Gasteiger partial charge in [-0.1, -0.05) is 13.3 Å². The van der Waals surface area contributed by atoms with Crippen molar-refractivity contribution in [2.24, 2.45) is 5.92 Å². The van der Waals surface area contributed by atoms with Gasteiger partial charge in [0.15, 0.2) is 5.13 Å². The number of nitrogens with one attached hydrogen (secondary N) is 1. The van der Waals surface area contributed by atoms with E-state index in [-0.39, 0.29) is 6.03 Å². The highest BCUT2D eigenvalue weighted by Crippen LogP contribution is 2.26. The van der Waals surface area contributed by atoms with Gasteiger partial charge in [-0.2, -0.15) is 0 Å². The topological polar surface area (TPSA) is 82.5 Å². The van der Waals surface area contributed by atoms with Crippen LogP contribution in [0.1, 0.15) is 26.2 Å². The van der Waals surface area contributed by atoms with Crippen molar-refractivity contribution < 1.29 is 14.7 Å². The van der Waals surface area contributed by atoms with Gasteiger partial charge in [-0.25, -0.2) is 14.6 Å². The van der Waals surface area contributed by atoms with E-state index in [1.54, 1.807) is 11.6 Å². The number of carboxylic acids is 1. The smallest absolute Gasteiger partial charge is 0.326 e. The summed E-state index contributed by atoms with van der Waals surface area (Å²) < 4.78 is 0. The summed E-state index contributed by atoms with van der Waals surface area (Å²) in [7, 11) is 0. The molecule has 6 nitrogen and oxygen atoms in total. The fourth-order valence-corrected chi connectivity index (χ4v) is 2.85. The number of aromatic nitrogens is 1. The molecule has 0 radical (unpaired) electrons. The number of aliphatic carboxylic acids is 1. The van der Waals surface area contributed by atoms with E-state index < -0.39 is 12.0 Å². The Morgan fingerprint density at radius 1 is 1.63 bits per heavy atom. The van der Waals surface area contributed by atoms with Crippen LogP contribution in [0.25, 0.3) is 0 Å². The number of carbonyl (C=O) groups excluding carboxylic acids is 1. The Hall–Kier alpha value is -1.63. The molecule has 0 aliphatic carbocycles. The minimum absolute atomic E-state index is 0.378. The van der Waals surface area contributed by atoms with Crippen LogP contribution in [0.5, 0.6) is 0 Å². The summed E-state index contributed by atoms with van der Waals surface area (Å²) in [5, 5.41) is 14.2. The fourth-order valence-electron chi connectivity index (χ4n) is 2.33. The lowest BCUT2D eigenvalue weighted by Gasteiger charge is -2.36. The first-order valence-corrected chi connectivity index (χ1v) is 7.19. The third-order valence-electron chi connectivity index (χ3n) is 3.48. The predicted molar refractivity (Wildman–Crippen MR) is 72.3 cm³/mol. The Labute approximate surface area is 115 Å². The number of hydrogen-bond acceptors (Lipinski definition) is 4. The molecule has 0 spiro atoms. The Kier molecular flexibility index (Phi) is 4.36. The predicted octanol–water partition coefficient (Wildman–Crippen LogP) is 2.25. The summed E-state index contributed by atoms with van der Waals surface area (Å²) in [6, 6.07) is -1.12. The molecule has 0 aromatic carbocycles. The van der Waals surface area contributed by atoms with Crippen LogP contribution in [-0.4, -0.2) is 39.6 Å². The zero-order chi connectivity index (χ0) is 13.8. The van der Waals surface area contributed by atoms with Gasteiger partial charge in [-0.3, -0.25) is 5.32 Å². The molecule has 2 N–H and O–H groups in total. The summed E-state index contributed by atoms with van der Waals surface area (Å²) >= 11 is 1.31. The molecule has 1 aliphatic heterocycles. The molecular weight excluding hydrogens is 266 g/mol. The molecule has 2 unspecified atom stereocenters. The second-order valence-corrected chi connectivity index (χ2v) is 5.51. The first kappa shape index (κ1) is 13.8. The molecule has 2 amide bonds. The van der Waals surface area contributed by atoms with E-state index >= 15 is 0 Å². The number of thiazole rings is 1. The molecule has 104 valence electrons. The van der Waals surface area contributed by atoms with Gasteiger partial charge < -0.3 is 10.0 Å². The van der Waals surface area contributed by atoms with Gasteiger partial charge in [0.05, 0.1) is 0 Å². The molecule has 2 heterocycles. The van der Waals surface area contributed by atoms with E-state index in [0.717, 1.165) is 12.8 Å². The van der Waals surface area contributed by atoms with Crippen LogP contribution >= 0.6 is 11.3 Å². The van der Waals surface area contributed by atoms with Crippen molar-refractivity contribution in [1.29, 1.82) is 0 Å². The first-order chi connectivity index (χ1) is 9.11. The van der Waals surface area contributed by atoms with Crippen LogP contribution in [0.15, 0.2) is 11.6 Å². The minimum Gasteiger partial charge on any atom is -0.480 e. The molecule has 0 saturated carbocycles. The molecule has 2 rings (SSSR count). The van der Waals surface area contributed by atoms with Crippen molar-refractivity contribution in [1.82, 2.24) is 9.88 Å². The molecular formula is C12H17N3O3S. The van der Waals surface area contributed by atoms with Crippen molar-refractivity contribution in [2.75, 3.05) is 11.9 Å². The van der Waals surface area contributed by atoms with Crippen molar-refractivity contribution in [3.05, 3.63) is 11.6 Å². The normalized spacial score (nSPS) is 23.1. The largest absolute Gasteiger partial charge is 0.480 e. The number of urea groups is 1. The van der Waals surface area contributed by atoms with Gasteiger partial charge in [-0.15, -0.1) is 11.3 Å². The van der Waals surface area contributed by atoms with Crippen LogP contribution in [0.4, 0.5) is 9.93 Å². The van der Waals surface area contributed by atoms with E-state index in [1.807, 2.05) is 0 Å². The number of carboxylic acid groups (broad SMARTS) is 1. The SMILES string of the molecule is CCC1CCN(C(=O)Nc2nccs2)C(C(=O)O)C1. The van der Waals surface area contributed by atoms with Crippen LogP contribution in [0.3, 0.4) is 0 Å². The molecule has 0 bridgehead atoms. The van der Waals surface area contributed by atoms with Crippen molar-refractivity contribution in [3.63, 3.8) is 0 Å². The first-order valence-electron chi connectivity index (χ1n) is 6.31. The summed E-state index contributed by atoms with van der Waals surface area (Å²) in [6.07, 6.45) is 3.92. The highest BCUT2D eigenvalue weighted by atomic mass is 32.1. The van der Waals surface area contributed by atoms with Gasteiger partial charge in [0.2, 0.25) is 0 Å². The van der Waals surface area contributed by atoms with E-state index in [0.29, 0.717) is 24.0 Å². The lowest BCUT2D eigenvalue weighted by molar-refractivity contribution is -0.143. The minimum atomic E-state index is -0.938. The molecule has 1 aromatic rings. The number of carbonyl (C=O) groups is 2. The average molecular weight is 283 g/mol. The van der Waals surface area contributed by atoms with Crippen molar-refractivity contribution in [3.8, 4) is 0 Å². The second-order valence-electron chi connectivity index (χ2n) is 4.61. The molecule has 2 atom stereocenters. The summed E-state index contributed by atoms with van der Waals surface area (Å²) in [4.78, 5) is 28.8. The standard InChI is InChI=1S/C12H17N3O3S/c1-2-8-3-5-15(9(7-8)10(16)17)12(18)14-11-13-4-6-19-11/h4,6,8-9H,2-3,5,7H2,1H3,(H,16,17)(H,13,14,18). The molecule has 1 fully saturated rings. The quantitative estimate of drug-likeness (QED) is 0.891. The Balaban J connectivity index is 2.04. The third-order valence-corrected chi connectivity index (χ3v) is 4.17. The molecule has 1 saturated heterocycles. The van der Waals surface area contributed by atoms with Crippen LogP contribution in [0.2, 0.25) is 0 Å².